The smallest absolute Gasteiger partial charge is 0.313 e. The summed E-state index contributed by atoms with van der Waals surface area (Å²) in [5.41, 5.74) is 3.34. The summed E-state index contributed by atoms with van der Waals surface area (Å²) < 4.78 is 5.58. The van der Waals surface area contributed by atoms with Crippen molar-refractivity contribution in [2.75, 3.05) is 6.61 Å². The molecular weight excluding hydrogens is 272 g/mol. The van der Waals surface area contributed by atoms with E-state index in [-0.39, 0.29) is 17.8 Å². The van der Waals surface area contributed by atoms with Crippen LogP contribution in [0.1, 0.15) is 52.0 Å². The van der Waals surface area contributed by atoms with Crippen molar-refractivity contribution in [2.24, 2.45) is 5.92 Å². The van der Waals surface area contributed by atoms with Gasteiger partial charge < -0.3 is 4.74 Å². The number of carbonyl (C=O) groups is 1. The van der Waals surface area contributed by atoms with Gasteiger partial charge in [-0.1, -0.05) is 61.1 Å². The molecule has 1 unspecified atom stereocenters. The summed E-state index contributed by atoms with van der Waals surface area (Å²) in [6, 6.07) is 9.83. The fraction of sp³-hybridized carbons (Fsp3) is 0.450. The number of benzene rings is 1. The van der Waals surface area contributed by atoms with Gasteiger partial charge in [-0.2, -0.15) is 0 Å². The first-order valence-electron chi connectivity index (χ1n) is 7.96. The van der Waals surface area contributed by atoms with E-state index < -0.39 is 0 Å². The van der Waals surface area contributed by atoms with Crippen LogP contribution in [-0.4, -0.2) is 12.6 Å². The largest absolute Gasteiger partial charge is 0.465 e. The standard InChI is InChI=1S/C20H28O2/c1-6-19(17-10-8-7-9-11-17)20(21)22-14-18(16(4)5)13-12-15(2)3/h7-12,18-19H,4,6,13-14H2,1-3,5H3/t18-,19?/m1/s1. The van der Waals surface area contributed by atoms with Gasteiger partial charge in [0.25, 0.3) is 0 Å². The molecule has 120 valence electrons. The van der Waals surface area contributed by atoms with Gasteiger partial charge in [0.15, 0.2) is 0 Å². The molecule has 0 aliphatic heterocycles. The maximum Gasteiger partial charge on any atom is 0.313 e. The Hall–Kier alpha value is -1.83. The fourth-order valence-corrected chi connectivity index (χ4v) is 2.30. The lowest BCUT2D eigenvalue weighted by atomic mass is 9.96. The van der Waals surface area contributed by atoms with E-state index in [9.17, 15) is 4.79 Å². The minimum atomic E-state index is -0.185. The molecule has 2 heteroatoms. The second kappa shape index (κ2) is 9.24. The second-order valence-corrected chi connectivity index (χ2v) is 6.06. The molecule has 0 fully saturated rings. The number of esters is 1. The van der Waals surface area contributed by atoms with Crippen LogP contribution >= 0.6 is 0 Å². The number of hydrogen-bond donors (Lipinski definition) is 0. The monoisotopic (exact) mass is 300 g/mol. The zero-order valence-corrected chi connectivity index (χ0v) is 14.3. The van der Waals surface area contributed by atoms with Gasteiger partial charge in [0.2, 0.25) is 0 Å². The Balaban J connectivity index is 2.65. The maximum atomic E-state index is 12.4. The molecule has 0 spiro atoms. The molecule has 2 atom stereocenters. The Bertz CT molecular complexity index is 510. The van der Waals surface area contributed by atoms with E-state index in [1.54, 1.807) is 0 Å². The van der Waals surface area contributed by atoms with Crippen molar-refractivity contribution in [3.8, 4) is 0 Å². The van der Waals surface area contributed by atoms with E-state index in [0.29, 0.717) is 6.61 Å². The Morgan fingerprint density at radius 3 is 2.36 bits per heavy atom. The molecule has 0 N–H and O–H groups in total. The van der Waals surface area contributed by atoms with Gasteiger partial charge in [0, 0.05) is 5.92 Å². The molecule has 0 saturated heterocycles. The van der Waals surface area contributed by atoms with Crippen LogP contribution in [0.5, 0.6) is 0 Å². The molecule has 0 aliphatic rings. The number of carbonyl (C=O) groups excluding carboxylic acids is 1. The van der Waals surface area contributed by atoms with Crippen molar-refractivity contribution in [1.29, 1.82) is 0 Å². The quantitative estimate of drug-likeness (QED) is 0.483. The normalized spacial score (nSPS) is 13.1. The van der Waals surface area contributed by atoms with Gasteiger partial charge in [0.1, 0.15) is 0 Å². The van der Waals surface area contributed by atoms with E-state index >= 15 is 0 Å². The molecule has 0 aromatic heterocycles. The number of hydrogen-bond acceptors (Lipinski definition) is 2. The highest BCUT2D eigenvalue weighted by Gasteiger charge is 2.21. The first-order chi connectivity index (χ1) is 10.5. The van der Waals surface area contributed by atoms with E-state index in [4.69, 9.17) is 4.74 Å². The number of rotatable bonds is 8. The molecule has 22 heavy (non-hydrogen) atoms. The summed E-state index contributed by atoms with van der Waals surface area (Å²) >= 11 is 0. The Kier molecular flexibility index (Phi) is 7.65. The maximum absolute atomic E-state index is 12.4. The summed E-state index contributed by atoms with van der Waals surface area (Å²) in [6.07, 6.45) is 3.78. The highest BCUT2D eigenvalue weighted by Crippen LogP contribution is 2.22. The van der Waals surface area contributed by atoms with Gasteiger partial charge in [-0.15, -0.1) is 0 Å². The molecule has 0 amide bonds. The predicted molar refractivity (Wildman–Crippen MR) is 92.8 cm³/mol. The van der Waals surface area contributed by atoms with Crippen LogP contribution in [0, 0.1) is 5.92 Å². The number of allylic oxidation sites excluding steroid dienone is 2. The summed E-state index contributed by atoms with van der Waals surface area (Å²) in [5, 5.41) is 0. The summed E-state index contributed by atoms with van der Waals surface area (Å²) in [7, 11) is 0. The lowest BCUT2D eigenvalue weighted by molar-refractivity contribution is -0.146. The minimum absolute atomic E-state index is 0.142. The molecule has 0 aliphatic carbocycles. The molecule has 0 bridgehead atoms. The first-order valence-corrected chi connectivity index (χ1v) is 7.96. The second-order valence-electron chi connectivity index (χ2n) is 6.06. The van der Waals surface area contributed by atoms with Gasteiger partial charge in [-0.25, -0.2) is 0 Å². The van der Waals surface area contributed by atoms with Crippen molar-refractivity contribution in [3.05, 3.63) is 59.7 Å². The molecule has 0 saturated carbocycles. The van der Waals surface area contributed by atoms with E-state index in [2.05, 4.69) is 26.5 Å². The molecule has 0 radical (unpaired) electrons. The lowest BCUT2D eigenvalue weighted by Gasteiger charge is -2.19. The molecule has 2 nitrogen and oxygen atoms in total. The molecule has 1 aromatic rings. The van der Waals surface area contributed by atoms with E-state index in [1.807, 2.05) is 44.2 Å². The SMILES string of the molecule is C=C(C)[C@H](CC=C(C)C)COC(=O)C(CC)c1ccccc1. The Morgan fingerprint density at radius 2 is 1.86 bits per heavy atom. The fourth-order valence-electron chi connectivity index (χ4n) is 2.30. The molecule has 1 aromatic carbocycles. The third-order valence-electron chi connectivity index (χ3n) is 3.83. The van der Waals surface area contributed by atoms with E-state index in [0.717, 1.165) is 24.0 Å². The average molecular weight is 300 g/mol. The summed E-state index contributed by atoms with van der Waals surface area (Å²) in [4.78, 5) is 12.4. The first kappa shape index (κ1) is 18.2. The highest BCUT2D eigenvalue weighted by molar-refractivity contribution is 5.78. The van der Waals surface area contributed by atoms with Crippen LogP contribution in [0.4, 0.5) is 0 Å². The van der Waals surface area contributed by atoms with Crippen LogP contribution in [0.2, 0.25) is 0 Å². The van der Waals surface area contributed by atoms with Gasteiger partial charge in [-0.3, -0.25) is 4.79 Å². The minimum Gasteiger partial charge on any atom is -0.465 e. The topological polar surface area (TPSA) is 26.3 Å². The highest BCUT2D eigenvalue weighted by atomic mass is 16.5. The van der Waals surface area contributed by atoms with Crippen LogP contribution in [0.3, 0.4) is 0 Å². The van der Waals surface area contributed by atoms with Crippen LogP contribution in [-0.2, 0) is 9.53 Å². The van der Waals surface area contributed by atoms with E-state index in [1.165, 1.54) is 5.57 Å². The van der Waals surface area contributed by atoms with Crippen molar-refractivity contribution < 1.29 is 9.53 Å². The van der Waals surface area contributed by atoms with Crippen LogP contribution < -0.4 is 0 Å². The lowest BCUT2D eigenvalue weighted by Crippen LogP contribution is -2.20. The van der Waals surface area contributed by atoms with Crippen molar-refractivity contribution in [3.63, 3.8) is 0 Å². The van der Waals surface area contributed by atoms with Crippen LogP contribution in [0.25, 0.3) is 0 Å². The molecule has 0 heterocycles. The van der Waals surface area contributed by atoms with Gasteiger partial charge in [0.05, 0.1) is 12.5 Å². The molecule has 1 rings (SSSR count). The van der Waals surface area contributed by atoms with Gasteiger partial charge >= 0.3 is 5.97 Å². The van der Waals surface area contributed by atoms with Crippen molar-refractivity contribution in [1.82, 2.24) is 0 Å². The molecular formula is C20H28O2. The zero-order chi connectivity index (χ0) is 16.5. The van der Waals surface area contributed by atoms with Crippen LogP contribution in [0.15, 0.2) is 54.1 Å². The van der Waals surface area contributed by atoms with Crippen molar-refractivity contribution >= 4 is 5.97 Å². The summed E-state index contributed by atoms with van der Waals surface area (Å²) in [6.45, 7) is 12.6. The third-order valence-corrected chi connectivity index (χ3v) is 3.83. The predicted octanol–water partition coefficient (Wildman–Crippen LogP) is 5.27. The zero-order valence-electron chi connectivity index (χ0n) is 14.3. The third kappa shape index (κ3) is 5.88. The average Bonchev–Trinajstić information content (AvgIpc) is 2.48. The van der Waals surface area contributed by atoms with Gasteiger partial charge in [-0.05, 0) is 39.2 Å². The van der Waals surface area contributed by atoms with Crippen molar-refractivity contribution in [2.45, 2.75) is 46.5 Å². The Morgan fingerprint density at radius 1 is 1.23 bits per heavy atom. The Labute approximate surface area is 134 Å². The number of ether oxygens (including phenoxy) is 1. The summed E-state index contributed by atoms with van der Waals surface area (Å²) in [5.74, 6) is -0.139.